The minimum absolute atomic E-state index is 0.0266. The maximum atomic E-state index is 12.6. The molecule has 0 bridgehead atoms. The third-order valence-electron chi connectivity index (χ3n) is 3.52. The van der Waals surface area contributed by atoms with Crippen molar-refractivity contribution in [2.45, 2.75) is 26.3 Å². The second-order valence-corrected chi connectivity index (χ2v) is 4.75. The summed E-state index contributed by atoms with van der Waals surface area (Å²) in [7, 11) is 0. The molecule has 3 heteroatoms. The van der Waals surface area contributed by atoms with Crippen molar-refractivity contribution in [3.8, 4) is 0 Å². The second kappa shape index (κ2) is 4.02. The Morgan fingerprint density at radius 3 is 2.83 bits per heavy atom. The number of carbonyl (C=O) groups excluding carboxylic acids is 1. The molecular formula is C15H15NO2. The highest BCUT2D eigenvalue weighted by molar-refractivity contribution is 6.08. The largest absolute Gasteiger partial charge is 0.469 e. The summed E-state index contributed by atoms with van der Waals surface area (Å²) in [4.78, 5) is 14.4. The smallest absolute Gasteiger partial charge is 0.262 e. The van der Waals surface area contributed by atoms with Crippen LogP contribution in [0.15, 0.2) is 41.0 Å². The van der Waals surface area contributed by atoms with Crippen LogP contribution in [0.2, 0.25) is 0 Å². The lowest BCUT2D eigenvalue weighted by molar-refractivity contribution is 0.0980. The number of carbonyl (C=O) groups is 1. The van der Waals surface area contributed by atoms with Crippen molar-refractivity contribution in [1.82, 2.24) is 0 Å². The first-order valence-corrected chi connectivity index (χ1v) is 6.14. The second-order valence-electron chi connectivity index (χ2n) is 4.75. The number of fused-ring (bicyclic) bond motifs is 1. The number of aryl methyl sites for hydroxylation is 1. The average molecular weight is 241 g/mol. The molecule has 92 valence electrons. The molecule has 18 heavy (non-hydrogen) atoms. The molecule has 1 aliphatic rings. The van der Waals surface area contributed by atoms with Gasteiger partial charge in [0.15, 0.2) is 0 Å². The van der Waals surface area contributed by atoms with Crippen LogP contribution < -0.4 is 4.90 Å². The van der Waals surface area contributed by atoms with Crippen LogP contribution in [0, 0.1) is 6.92 Å². The van der Waals surface area contributed by atoms with Crippen molar-refractivity contribution >= 4 is 11.6 Å². The molecule has 2 aromatic rings. The van der Waals surface area contributed by atoms with Crippen LogP contribution in [0.25, 0.3) is 0 Å². The van der Waals surface area contributed by atoms with Crippen molar-refractivity contribution in [3.05, 3.63) is 53.5 Å². The number of nitrogens with zero attached hydrogens (tertiary/aromatic N) is 1. The van der Waals surface area contributed by atoms with Crippen LogP contribution in [-0.4, -0.2) is 11.9 Å². The summed E-state index contributed by atoms with van der Waals surface area (Å²) in [6.07, 6.45) is 2.48. The fraction of sp³-hybridized carbons (Fsp3) is 0.267. The zero-order valence-electron chi connectivity index (χ0n) is 10.5. The van der Waals surface area contributed by atoms with Crippen LogP contribution in [0.3, 0.4) is 0 Å². The van der Waals surface area contributed by atoms with Crippen LogP contribution in [-0.2, 0) is 6.42 Å². The Hall–Kier alpha value is -2.03. The SMILES string of the molecule is Cc1occc1C(=O)N1c2ccccc2C[C@@H]1C. The van der Waals surface area contributed by atoms with Crippen molar-refractivity contribution in [3.63, 3.8) is 0 Å². The predicted octanol–water partition coefficient (Wildman–Crippen LogP) is 3.18. The highest BCUT2D eigenvalue weighted by Gasteiger charge is 2.32. The van der Waals surface area contributed by atoms with E-state index >= 15 is 0 Å². The topological polar surface area (TPSA) is 33.5 Å². The van der Waals surface area contributed by atoms with E-state index in [1.54, 1.807) is 12.3 Å². The summed E-state index contributed by atoms with van der Waals surface area (Å²) in [5.74, 6) is 0.704. The fourth-order valence-electron chi connectivity index (χ4n) is 2.61. The average Bonchev–Trinajstić information content (AvgIpc) is 2.91. The van der Waals surface area contributed by atoms with Crippen LogP contribution in [0.4, 0.5) is 5.69 Å². The van der Waals surface area contributed by atoms with Crippen molar-refractivity contribution < 1.29 is 9.21 Å². The number of para-hydroxylation sites is 1. The lowest BCUT2D eigenvalue weighted by Gasteiger charge is -2.22. The van der Waals surface area contributed by atoms with Gasteiger partial charge in [-0.3, -0.25) is 4.79 Å². The zero-order valence-corrected chi connectivity index (χ0v) is 10.5. The first kappa shape index (κ1) is 11.1. The van der Waals surface area contributed by atoms with Gasteiger partial charge in [0.05, 0.1) is 11.8 Å². The lowest BCUT2D eigenvalue weighted by atomic mass is 10.1. The van der Waals surface area contributed by atoms with E-state index in [0.717, 1.165) is 12.1 Å². The van der Waals surface area contributed by atoms with Gasteiger partial charge in [-0.1, -0.05) is 18.2 Å². The predicted molar refractivity (Wildman–Crippen MR) is 69.9 cm³/mol. The number of furan rings is 1. The van der Waals surface area contributed by atoms with Gasteiger partial charge in [-0.25, -0.2) is 0 Å². The van der Waals surface area contributed by atoms with E-state index in [0.29, 0.717) is 11.3 Å². The Kier molecular flexibility index (Phi) is 2.47. The summed E-state index contributed by atoms with van der Waals surface area (Å²) < 4.78 is 5.22. The maximum Gasteiger partial charge on any atom is 0.262 e. The number of amides is 1. The van der Waals surface area contributed by atoms with Gasteiger partial charge in [0.1, 0.15) is 5.76 Å². The van der Waals surface area contributed by atoms with E-state index in [9.17, 15) is 4.79 Å². The first-order valence-electron chi connectivity index (χ1n) is 6.14. The van der Waals surface area contributed by atoms with Gasteiger partial charge in [0.25, 0.3) is 5.91 Å². The number of anilines is 1. The summed E-state index contributed by atoms with van der Waals surface area (Å²) >= 11 is 0. The Labute approximate surface area is 106 Å². The van der Waals surface area contributed by atoms with Gasteiger partial charge in [-0.05, 0) is 38.0 Å². The third-order valence-corrected chi connectivity index (χ3v) is 3.52. The molecule has 0 aliphatic carbocycles. The molecule has 3 nitrogen and oxygen atoms in total. The Morgan fingerprint density at radius 2 is 2.11 bits per heavy atom. The van der Waals surface area contributed by atoms with Gasteiger partial charge in [0, 0.05) is 11.7 Å². The molecule has 0 unspecified atom stereocenters. The molecule has 2 heterocycles. The maximum absolute atomic E-state index is 12.6. The highest BCUT2D eigenvalue weighted by Crippen LogP contribution is 2.33. The zero-order chi connectivity index (χ0) is 12.7. The normalized spacial score (nSPS) is 17.9. The molecule has 0 saturated heterocycles. The van der Waals surface area contributed by atoms with Crippen molar-refractivity contribution in [2.75, 3.05) is 4.90 Å². The number of benzene rings is 1. The summed E-state index contributed by atoms with van der Waals surface area (Å²) in [5, 5.41) is 0. The molecule has 1 aromatic carbocycles. The summed E-state index contributed by atoms with van der Waals surface area (Å²) in [5.41, 5.74) is 2.91. The van der Waals surface area contributed by atoms with Gasteiger partial charge in [-0.15, -0.1) is 0 Å². The number of hydrogen-bond donors (Lipinski definition) is 0. The highest BCUT2D eigenvalue weighted by atomic mass is 16.3. The number of rotatable bonds is 1. The van der Waals surface area contributed by atoms with E-state index in [4.69, 9.17) is 4.42 Å². The summed E-state index contributed by atoms with van der Waals surface area (Å²) in [6.45, 7) is 3.90. The van der Waals surface area contributed by atoms with Crippen LogP contribution in [0.1, 0.15) is 28.6 Å². The molecule has 3 rings (SSSR count). The van der Waals surface area contributed by atoms with E-state index in [2.05, 4.69) is 13.0 Å². The summed E-state index contributed by atoms with van der Waals surface area (Å²) in [6, 6.07) is 10.0. The van der Waals surface area contributed by atoms with Gasteiger partial charge >= 0.3 is 0 Å². The Bertz CT molecular complexity index is 600. The van der Waals surface area contributed by atoms with Gasteiger partial charge in [-0.2, -0.15) is 0 Å². The molecule has 0 fully saturated rings. The van der Waals surface area contributed by atoms with Crippen molar-refractivity contribution in [2.24, 2.45) is 0 Å². The first-order chi connectivity index (χ1) is 8.68. The standard InChI is InChI=1S/C15H15NO2/c1-10-9-12-5-3-4-6-14(12)16(10)15(17)13-7-8-18-11(13)2/h3-8,10H,9H2,1-2H3/t10-/m0/s1. The van der Waals surface area contributed by atoms with Gasteiger partial charge in [0.2, 0.25) is 0 Å². The molecular weight excluding hydrogens is 226 g/mol. The third kappa shape index (κ3) is 1.55. The van der Waals surface area contributed by atoms with Crippen molar-refractivity contribution in [1.29, 1.82) is 0 Å². The number of hydrogen-bond acceptors (Lipinski definition) is 2. The Morgan fingerprint density at radius 1 is 1.33 bits per heavy atom. The van der Waals surface area contributed by atoms with E-state index in [1.807, 2.05) is 30.0 Å². The van der Waals surface area contributed by atoms with E-state index in [-0.39, 0.29) is 11.9 Å². The molecule has 1 amide bonds. The lowest BCUT2D eigenvalue weighted by Crippen LogP contribution is -2.35. The molecule has 0 N–H and O–H groups in total. The minimum Gasteiger partial charge on any atom is -0.469 e. The molecule has 0 saturated carbocycles. The van der Waals surface area contributed by atoms with E-state index in [1.165, 1.54) is 5.56 Å². The monoisotopic (exact) mass is 241 g/mol. The molecule has 0 radical (unpaired) electrons. The molecule has 1 atom stereocenters. The van der Waals surface area contributed by atoms with E-state index < -0.39 is 0 Å². The Balaban J connectivity index is 2.03. The van der Waals surface area contributed by atoms with Crippen LogP contribution in [0.5, 0.6) is 0 Å². The molecule has 1 aliphatic heterocycles. The molecule has 1 aromatic heterocycles. The van der Waals surface area contributed by atoms with Gasteiger partial charge < -0.3 is 9.32 Å². The quantitative estimate of drug-likeness (QED) is 0.768. The minimum atomic E-state index is 0.0266. The fourth-order valence-corrected chi connectivity index (χ4v) is 2.61. The van der Waals surface area contributed by atoms with Crippen LogP contribution >= 0.6 is 0 Å². The molecule has 0 spiro atoms.